The van der Waals surface area contributed by atoms with Gasteiger partial charge >= 0.3 is 0 Å². The van der Waals surface area contributed by atoms with E-state index in [9.17, 15) is 5.11 Å². The Bertz CT molecular complexity index is 337. The average Bonchev–Trinajstić information content (AvgIpc) is 2.31. The van der Waals surface area contributed by atoms with E-state index < -0.39 is 5.60 Å². The fraction of sp³-hybridized carbons (Fsp3) is 0.600. The molecule has 0 spiro atoms. The van der Waals surface area contributed by atoms with Crippen molar-refractivity contribution in [2.24, 2.45) is 0 Å². The van der Waals surface area contributed by atoms with Gasteiger partial charge in [-0.2, -0.15) is 0 Å². The minimum absolute atomic E-state index is 0.602. The van der Waals surface area contributed by atoms with Gasteiger partial charge in [0.05, 0.1) is 5.60 Å². The number of hydrogen-bond acceptors (Lipinski definition) is 3. The summed E-state index contributed by atoms with van der Waals surface area (Å²) >= 11 is 0. The Kier molecular flexibility index (Phi) is 5.63. The summed E-state index contributed by atoms with van der Waals surface area (Å²) in [5, 5.41) is 12.9. The molecule has 0 aromatic heterocycles. The number of nitrogens with one attached hydrogen (secondary N) is 1. The first kappa shape index (κ1) is 15.0. The van der Waals surface area contributed by atoms with Crippen LogP contribution in [0.15, 0.2) is 24.3 Å². The molecule has 102 valence electrons. The molecule has 0 aliphatic heterocycles. The second-order valence-corrected chi connectivity index (χ2v) is 5.25. The smallest absolute Gasteiger partial charge is 0.0715 e. The van der Waals surface area contributed by atoms with E-state index in [4.69, 9.17) is 0 Å². The lowest BCUT2D eigenvalue weighted by atomic mass is 10.1. The van der Waals surface area contributed by atoms with Gasteiger partial charge in [-0.25, -0.2) is 0 Å². The van der Waals surface area contributed by atoms with Gasteiger partial charge in [0.25, 0.3) is 0 Å². The number of anilines is 1. The number of nitrogens with zero attached hydrogens (tertiary/aromatic N) is 1. The van der Waals surface area contributed by atoms with Gasteiger partial charge in [-0.1, -0.05) is 12.1 Å². The van der Waals surface area contributed by atoms with Crippen molar-refractivity contribution >= 4 is 5.69 Å². The van der Waals surface area contributed by atoms with Crippen LogP contribution in [-0.2, 0) is 6.54 Å². The molecule has 0 heterocycles. The highest BCUT2D eigenvalue weighted by Crippen LogP contribution is 2.14. The van der Waals surface area contributed by atoms with Gasteiger partial charge in [0.15, 0.2) is 0 Å². The molecule has 1 rings (SSSR count). The molecule has 0 saturated heterocycles. The van der Waals surface area contributed by atoms with Crippen LogP contribution in [0, 0.1) is 0 Å². The highest BCUT2D eigenvalue weighted by molar-refractivity contribution is 5.47. The lowest BCUT2D eigenvalue weighted by molar-refractivity contribution is 0.0795. The summed E-state index contributed by atoms with van der Waals surface area (Å²) in [5.74, 6) is 0. The first-order chi connectivity index (χ1) is 8.46. The molecule has 1 aromatic rings. The van der Waals surface area contributed by atoms with Gasteiger partial charge < -0.3 is 15.3 Å². The molecule has 0 fully saturated rings. The predicted molar refractivity (Wildman–Crippen MR) is 78.0 cm³/mol. The van der Waals surface area contributed by atoms with Crippen molar-refractivity contribution in [2.75, 3.05) is 24.5 Å². The van der Waals surface area contributed by atoms with Crippen LogP contribution in [0.3, 0.4) is 0 Å². The molecule has 0 bridgehead atoms. The van der Waals surface area contributed by atoms with E-state index in [0.29, 0.717) is 6.54 Å². The molecular formula is C15H26N2O. The van der Waals surface area contributed by atoms with Crippen molar-refractivity contribution in [3.8, 4) is 0 Å². The van der Waals surface area contributed by atoms with Crippen molar-refractivity contribution < 1.29 is 5.11 Å². The number of benzene rings is 1. The second kappa shape index (κ2) is 6.76. The van der Waals surface area contributed by atoms with Gasteiger partial charge in [0.2, 0.25) is 0 Å². The van der Waals surface area contributed by atoms with Crippen LogP contribution >= 0.6 is 0 Å². The summed E-state index contributed by atoms with van der Waals surface area (Å²) in [4.78, 5) is 2.33. The molecule has 0 radical (unpaired) electrons. The molecule has 0 unspecified atom stereocenters. The normalized spacial score (nSPS) is 11.6. The first-order valence-corrected chi connectivity index (χ1v) is 6.73. The molecule has 0 aliphatic rings. The van der Waals surface area contributed by atoms with Crippen LogP contribution in [0.4, 0.5) is 5.69 Å². The molecule has 3 heteroatoms. The minimum Gasteiger partial charge on any atom is -0.389 e. The Morgan fingerprint density at radius 2 is 1.67 bits per heavy atom. The Hall–Kier alpha value is -1.06. The fourth-order valence-corrected chi connectivity index (χ4v) is 1.93. The number of rotatable bonds is 7. The largest absolute Gasteiger partial charge is 0.389 e. The minimum atomic E-state index is -0.652. The van der Waals surface area contributed by atoms with Gasteiger partial charge in [0, 0.05) is 31.9 Å². The lowest BCUT2D eigenvalue weighted by Crippen LogP contribution is -2.34. The summed E-state index contributed by atoms with van der Waals surface area (Å²) in [6, 6.07) is 8.61. The molecule has 0 amide bonds. The Balaban J connectivity index is 2.50. The zero-order valence-electron chi connectivity index (χ0n) is 12.0. The van der Waals surface area contributed by atoms with Crippen molar-refractivity contribution in [2.45, 2.75) is 39.8 Å². The molecule has 0 saturated carbocycles. The van der Waals surface area contributed by atoms with Crippen LogP contribution in [0.25, 0.3) is 0 Å². The summed E-state index contributed by atoms with van der Waals surface area (Å²) < 4.78 is 0. The van der Waals surface area contributed by atoms with Crippen LogP contribution in [0.2, 0.25) is 0 Å². The lowest BCUT2D eigenvalue weighted by Gasteiger charge is -2.21. The van der Waals surface area contributed by atoms with Crippen molar-refractivity contribution in [1.82, 2.24) is 5.32 Å². The van der Waals surface area contributed by atoms with E-state index in [-0.39, 0.29) is 0 Å². The Morgan fingerprint density at radius 3 is 2.11 bits per heavy atom. The monoisotopic (exact) mass is 250 g/mol. The van der Waals surface area contributed by atoms with Gasteiger partial charge in [0.1, 0.15) is 0 Å². The maximum Gasteiger partial charge on any atom is 0.0715 e. The number of aliphatic hydroxyl groups is 1. The van der Waals surface area contributed by atoms with E-state index in [1.807, 2.05) is 13.8 Å². The fourth-order valence-electron chi connectivity index (χ4n) is 1.93. The Labute approximate surface area is 111 Å². The Morgan fingerprint density at radius 1 is 1.11 bits per heavy atom. The molecule has 3 nitrogen and oxygen atoms in total. The molecular weight excluding hydrogens is 224 g/mol. The summed E-state index contributed by atoms with van der Waals surface area (Å²) in [7, 11) is 0. The van der Waals surface area contributed by atoms with E-state index in [1.165, 1.54) is 11.3 Å². The molecule has 0 atom stereocenters. The first-order valence-electron chi connectivity index (χ1n) is 6.73. The third-order valence-corrected chi connectivity index (χ3v) is 2.95. The molecule has 0 aliphatic carbocycles. The van der Waals surface area contributed by atoms with Gasteiger partial charge in [-0.3, -0.25) is 0 Å². The maximum absolute atomic E-state index is 9.61. The zero-order chi connectivity index (χ0) is 13.6. The third kappa shape index (κ3) is 5.07. The van der Waals surface area contributed by atoms with Crippen LogP contribution in [0.1, 0.15) is 33.3 Å². The topological polar surface area (TPSA) is 35.5 Å². The van der Waals surface area contributed by atoms with Crippen LogP contribution in [0.5, 0.6) is 0 Å². The standard InChI is InChI=1S/C15H26N2O/c1-5-17(6-2)14-9-7-13(8-10-14)11-16-12-15(3,4)18/h7-10,16,18H,5-6,11-12H2,1-4H3. The molecule has 2 N–H and O–H groups in total. The number of hydrogen-bond donors (Lipinski definition) is 2. The van der Waals surface area contributed by atoms with Crippen LogP contribution in [-0.4, -0.2) is 30.3 Å². The highest BCUT2D eigenvalue weighted by atomic mass is 16.3. The van der Waals surface area contributed by atoms with E-state index in [2.05, 4.69) is 48.3 Å². The van der Waals surface area contributed by atoms with Gasteiger partial charge in [-0.05, 0) is 45.4 Å². The third-order valence-electron chi connectivity index (χ3n) is 2.95. The van der Waals surface area contributed by atoms with Gasteiger partial charge in [-0.15, -0.1) is 0 Å². The predicted octanol–water partition coefficient (Wildman–Crippen LogP) is 2.39. The van der Waals surface area contributed by atoms with Crippen LogP contribution < -0.4 is 10.2 Å². The van der Waals surface area contributed by atoms with Crippen molar-refractivity contribution in [1.29, 1.82) is 0 Å². The van der Waals surface area contributed by atoms with Crippen molar-refractivity contribution in [3.05, 3.63) is 29.8 Å². The average molecular weight is 250 g/mol. The maximum atomic E-state index is 9.61. The van der Waals surface area contributed by atoms with E-state index in [1.54, 1.807) is 0 Å². The SMILES string of the molecule is CCN(CC)c1ccc(CNCC(C)(C)O)cc1. The summed E-state index contributed by atoms with van der Waals surface area (Å²) in [6.45, 7) is 11.4. The van der Waals surface area contributed by atoms with E-state index >= 15 is 0 Å². The van der Waals surface area contributed by atoms with Crippen molar-refractivity contribution in [3.63, 3.8) is 0 Å². The summed E-state index contributed by atoms with van der Waals surface area (Å²) in [6.07, 6.45) is 0. The summed E-state index contributed by atoms with van der Waals surface area (Å²) in [5.41, 5.74) is 1.86. The quantitative estimate of drug-likeness (QED) is 0.780. The highest BCUT2D eigenvalue weighted by Gasteiger charge is 2.10. The zero-order valence-corrected chi connectivity index (χ0v) is 12.0. The molecule has 18 heavy (non-hydrogen) atoms. The molecule has 1 aromatic carbocycles. The second-order valence-electron chi connectivity index (χ2n) is 5.25. The van der Waals surface area contributed by atoms with E-state index in [0.717, 1.165) is 19.6 Å².